The monoisotopic (exact) mass is 315 g/mol. The summed E-state index contributed by atoms with van der Waals surface area (Å²) in [5, 5.41) is 1.74. The van der Waals surface area contributed by atoms with E-state index in [4.69, 9.17) is 11.6 Å². The van der Waals surface area contributed by atoms with Crippen molar-refractivity contribution in [2.45, 2.75) is 38.1 Å². The molecule has 2 unspecified atom stereocenters. The first-order valence-electron chi connectivity index (χ1n) is 6.23. The number of anilines is 1. The zero-order valence-electron chi connectivity index (χ0n) is 10.4. The van der Waals surface area contributed by atoms with Gasteiger partial charge < -0.3 is 4.90 Å². The van der Waals surface area contributed by atoms with Gasteiger partial charge in [0.25, 0.3) is 0 Å². The fraction of sp³-hybridized carbons (Fsp3) is 0.571. The maximum absolute atomic E-state index is 6.38. The number of nitrogens with zero attached hydrogens (tertiary/aromatic N) is 1. The van der Waals surface area contributed by atoms with E-state index in [2.05, 4.69) is 52.9 Å². The molecule has 1 heterocycles. The molecule has 0 bridgehead atoms. The van der Waals surface area contributed by atoms with Crippen LogP contribution in [0.25, 0.3) is 0 Å². The minimum Gasteiger partial charge on any atom is -0.368 e. The van der Waals surface area contributed by atoms with Crippen molar-refractivity contribution in [3.8, 4) is 0 Å². The molecule has 1 aromatic carbocycles. The van der Waals surface area contributed by atoms with E-state index in [1.165, 1.54) is 24.1 Å². The van der Waals surface area contributed by atoms with Crippen molar-refractivity contribution < 1.29 is 0 Å². The summed E-state index contributed by atoms with van der Waals surface area (Å²) in [7, 11) is 0. The molecule has 1 aliphatic heterocycles. The highest BCUT2D eigenvalue weighted by molar-refractivity contribution is 9.08. The zero-order chi connectivity index (χ0) is 12.4. The number of hydrogen-bond donors (Lipinski definition) is 0. The van der Waals surface area contributed by atoms with Crippen LogP contribution in [0.1, 0.15) is 32.3 Å². The van der Waals surface area contributed by atoms with Gasteiger partial charge in [0.05, 0.1) is 10.7 Å². The number of halogens is 2. The van der Waals surface area contributed by atoms with Gasteiger partial charge in [-0.3, -0.25) is 0 Å². The van der Waals surface area contributed by atoms with Gasteiger partial charge in [-0.05, 0) is 43.4 Å². The number of benzene rings is 1. The van der Waals surface area contributed by atoms with Crippen molar-refractivity contribution in [2.75, 3.05) is 11.4 Å². The van der Waals surface area contributed by atoms with Crippen LogP contribution in [0, 0.1) is 5.92 Å². The molecule has 0 aromatic heterocycles. The lowest BCUT2D eigenvalue weighted by atomic mass is 9.93. The molecule has 2 atom stereocenters. The largest absolute Gasteiger partial charge is 0.368 e. The molecule has 0 aliphatic carbocycles. The van der Waals surface area contributed by atoms with Crippen LogP contribution in [0.2, 0.25) is 5.02 Å². The Morgan fingerprint density at radius 3 is 2.76 bits per heavy atom. The second-order valence-corrected chi connectivity index (χ2v) is 6.06. The van der Waals surface area contributed by atoms with E-state index in [1.54, 1.807) is 0 Å². The molecule has 1 aromatic rings. The van der Waals surface area contributed by atoms with Gasteiger partial charge in [0.15, 0.2) is 0 Å². The molecule has 0 amide bonds. The maximum Gasteiger partial charge on any atom is 0.0642 e. The summed E-state index contributed by atoms with van der Waals surface area (Å²) in [4.78, 5) is 2.44. The Labute approximate surface area is 117 Å². The average molecular weight is 317 g/mol. The third-order valence-corrected chi connectivity index (χ3v) is 4.56. The lowest BCUT2D eigenvalue weighted by Crippen LogP contribution is -2.40. The lowest BCUT2D eigenvalue weighted by molar-refractivity contribution is 0.378. The molecule has 1 saturated heterocycles. The number of rotatable bonds is 2. The Hall–Kier alpha value is -0.210. The maximum atomic E-state index is 6.38. The number of piperidine rings is 1. The Kier molecular flexibility index (Phi) is 4.37. The highest BCUT2D eigenvalue weighted by Crippen LogP contribution is 2.33. The second-order valence-electron chi connectivity index (χ2n) is 5.09. The molecular formula is C14H19BrClN. The molecule has 0 spiro atoms. The lowest BCUT2D eigenvalue weighted by Gasteiger charge is -2.38. The SMILES string of the molecule is CC1CCN(c2ccc(CBr)cc2Cl)C(C)C1. The summed E-state index contributed by atoms with van der Waals surface area (Å²) >= 11 is 9.84. The molecule has 1 aliphatic rings. The third kappa shape index (κ3) is 2.97. The predicted octanol–water partition coefficient (Wildman–Crippen LogP) is 4.86. The van der Waals surface area contributed by atoms with Crippen LogP contribution in [0.3, 0.4) is 0 Å². The summed E-state index contributed by atoms with van der Waals surface area (Å²) < 4.78 is 0. The molecule has 3 heteroatoms. The Morgan fingerprint density at radius 1 is 1.41 bits per heavy atom. The third-order valence-electron chi connectivity index (χ3n) is 3.61. The van der Waals surface area contributed by atoms with Gasteiger partial charge >= 0.3 is 0 Å². The van der Waals surface area contributed by atoms with Crippen LogP contribution in [-0.4, -0.2) is 12.6 Å². The molecule has 17 heavy (non-hydrogen) atoms. The molecular weight excluding hydrogens is 298 g/mol. The summed E-state index contributed by atoms with van der Waals surface area (Å²) in [6.45, 7) is 5.75. The second kappa shape index (κ2) is 5.62. The van der Waals surface area contributed by atoms with Crippen molar-refractivity contribution in [2.24, 2.45) is 5.92 Å². The minimum absolute atomic E-state index is 0.589. The summed E-state index contributed by atoms with van der Waals surface area (Å²) in [5.74, 6) is 0.835. The first-order chi connectivity index (χ1) is 8.11. The van der Waals surface area contributed by atoms with Crippen LogP contribution in [0.15, 0.2) is 18.2 Å². The Bertz CT molecular complexity index is 394. The zero-order valence-corrected chi connectivity index (χ0v) is 12.8. The average Bonchev–Trinajstić information content (AvgIpc) is 2.30. The Morgan fingerprint density at radius 2 is 2.18 bits per heavy atom. The number of alkyl halides is 1. The normalized spacial score (nSPS) is 25.1. The van der Waals surface area contributed by atoms with E-state index in [1.807, 2.05) is 0 Å². The highest BCUT2D eigenvalue weighted by Gasteiger charge is 2.24. The van der Waals surface area contributed by atoms with E-state index in [9.17, 15) is 0 Å². The van der Waals surface area contributed by atoms with Crippen LogP contribution in [-0.2, 0) is 5.33 Å². The van der Waals surface area contributed by atoms with Gasteiger partial charge in [-0.25, -0.2) is 0 Å². The first-order valence-corrected chi connectivity index (χ1v) is 7.72. The standard InChI is InChI=1S/C14H19BrClN/c1-10-5-6-17(11(2)7-10)14-4-3-12(9-15)8-13(14)16/h3-4,8,10-11H,5-7,9H2,1-2H3. The fourth-order valence-corrected chi connectivity index (χ4v) is 3.29. The van der Waals surface area contributed by atoms with Crippen LogP contribution < -0.4 is 4.90 Å². The van der Waals surface area contributed by atoms with Gasteiger partial charge in [-0.1, -0.05) is 40.5 Å². The smallest absolute Gasteiger partial charge is 0.0642 e. The van der Waals surface area contributed by atoms with E-state index >= 15 is 0 Å². The fourth-order valence-electron chi connectivity index (χ4n) is 2.63. The number of hydrogen-bond acceptors (Lipinski definition) is 1. The molecule has 94 valence electrons. The quantitative estimate of drug-likeness (QED) is 0.704. The minimum atomic E-state index is 0.589. The van der Waals surface area contributed by atoms with Gasteiger partial charge in [0.2, 0.25) is 0 Å². The van der Waals surface area contributed by atoms with Crippen molar-refractivity contribution >= 4 is 33.2 Å². The van der Waals surface area contributed by atoms with E-state index in [0.29, 0.717) is 6.04 Å². The molecule has 2 rings (SSSR count). The van der Waals surface area contributed by atoms with Gasteiger partial charge in [0, 0.05) is 17.9 Å². The molecule has 1 nitrogen and oxygen atoms in total. The van der Waals surface area contributed by atoms with Crippen molar-refractivity contribution in [1.29, 1.82) is 0 Å². The molecule has 0 N–H and O–H groups in total. The first kappa shape index (κ1) is 13.2. The summed E-state index contributed by atoms with van der Waals surface area (Å²) in [6.07, 6.45) is 2.53. The van der Waals surface area contributed by atoms with E-state index < -0.39 is 0 Å². The van der Waals surface area contributed by atoms with Crippen LogP contribution in [0.4, 0.5) is 5.69 Å². The topological polar surface area (TPSA) is 3.24 Å². The van der Waals surface area contributed by atoms with Gasteiger partial charge in [-0.2, -0.15) is 0 Å². The summed E-state index contributed by atoms with van der Waals surface area (Å²) in [6, 6.07) is 6.97. The Balaban J connectivity index is 2.22. The molecule has 0 radical (unpaired) electrons. The van der Waals surface area contributed by atoms with Crippen LogP contribution >= 0.6 is 27.5 Å². The van der Waals surface area contributed by atoms with E-state index in [-0.39, 0.29) is 0 Å². The van der Waals surface area contributed by atoms with Crippen LogP contribution in [0.5, 0.6) is 0 Å². The predicted molar refractivity (Wildman–Crippen MR) is 79.3 cm³/mol. The molecule has 1 fully saturated rings. The van der Waals surface area contributed by atoms with Crippen molar-refractivity contribution in [1.82, 2.24) is 0 Å². The van der Waals surface area contributed by atoms with Crippen molar-refractivity contribution in [3.63, 3.8) is 0 Å². The molecule has 0 saturated carbocycles. The highest BCUT2D eigenvalue weighted by atomic mass is 79.9. The van der Waals surface area contributed by atoms with Gasteiger partial charge in [0.1, 0.15) is 0 Å². The van der Waals surface area contributed by atoms with Crippen molar-refractivity contribution in [3.05, 3.63) is 28.8 Å². The summed E-state index contributed by atoms with van der Waals surface area (Å²) in [5.41, 5.74) is 2.42. The van der Waals surface area contributed by atoms with E-state index in [0.717, 1.165) is 22.8 Å². The van der Waals surface area contributed by atoms with Gasteiger partial charge in [-0.15, -0.1) is 0 Å².